The summed E-state index contributed by atoms with van der Waals surface area (Å²) in [6.07, 6.45) is 1.67. The van der Waals surface area contributed by atoms with E-state index in [0.29, 0.717) is 23.7 Å². The van der Waals surface area contributed by atoms with Crippen molar-refractivity contribution in [3.8, 4) is 17.0 Å². The first-order chi connectivity index (χ1) is 14.9. The number of carbonyl (C=O) groups excluding carboxylic acids is 1. The Morgan fingerprint density at radius 2 is 1.94 bits per heavy atom. The van der Waals surface area contributed by atoms with Crippen LogP contribution in [-0.2, 0) is 21.2 Å². The molecule has 1 aliphatic rings. The fourth-order valence-electron chi connectivity index (χ4n) is 3.36. The number of hydrogen-bond acceptors (Lipinski definition) is 6. The van der Waals surface area contributed by atoms with Gasteiger partial charge in [-0.25, -0.2) is 13.4 Å². The highest BCUT2D eigenvalue weighted by molar-refractivity contribution is 7.93. The predicted octanol–water partition coefficient (Wildman–Crippen LogP) is 4.31. The van der Waals surface area contributed by atoms with Crippen LogP contribution in [-0.4, -0.2) is 32.5 Å². The number of benzene rings is 2. The Morgan fingerprint density at radius 3 is 2.65 bits per heavy atom. The van der Waals surface area contributed by atoms with Crippen molar-refractivity contribution < 1.29 is 17.9 Å². The highest BCUT2D eigenvalue weighted by Crippen LogP contribution is 2.37. The van der Waals surface area contributed by atoms with Crippen LogP contribution in [0, 0.1) is 0 Å². The molecule has 4 rings (SSSR count). The first-order valence-corrected chi connectivity index (χ1v) is 12.4. The molecule has 1 aliphatic heterocycles. The molecule has 0 saturated heterocycles. The molecule has 31 heavy (non-hydrogen) atoms. The Labute approximate surface area is 185 Å². The minimum atomic E-state index is -3.72. The summed E-state index contributed by atoms with van der Waals surface area (Å²) in [5.41, 5.74) is 3.19. The van der Waals surface area contributed by atoms with Gasteiger partial charge in [-0.1, -0.05) is 26.0 Å². The second-order valence-electron chi connectivity index (χ2n) is 7.16. The fourth-order valence-corrected chi connectivity index (χ4v) is 5.33. The summed E-state index contributed by atoms with van der Waals surface area (Å²) >= 11 is 1.21. The van der Waals surface area contributed by atoms with Gasteiger partial charge in [0.25, 0.3) is 15.9 Å². The first kappa shape index (κ1) is 21.3. The zero-order chi connectivity index (χ0) is 22.0. The van der Waals surface area contributed by atoms with Gasteiger partial charge in [-0.15, -0.1) is 11.3 Å². The summed E-state index contributed by atoms with van der Waals surface area (Å²) in [6, 6.07) is 12.3. The molecule has 1 aromatic heterocycles. The quantitative estimate of drug-likeness (QED) is 0.571. The number of nitrogens with one attached hydrogen (secondary N) is 1. The van der Waals surface area contributed by atoms with E-state index >= 15 is 0 Å². The lowest BCUT2D eigenvalue weighted by molar-refractivity contribution is -0.121. The number of ether oxygens (including phenoxy) is 1. The molecule has 1 amide bonds. The maximum Gasteiger partial charge on any atom is 0.265 e. The van der Waals surface area contributed by atoms with Crippen molar-refractivity contribution in [2.75, 3.05) is 22.8 Å². The Hall–Kier alpha value is -2.91. The minimum absolute atomic E-state index is 0.0359. The number of anilines is 2. The third kappa shape index (κ3) is 4.42. The molecular weight excluding hydrogens is 434 g/mol. The zero-order valence-corrected chi connectivity index (χ0v) is 18.9. The van der Waals surface area contributed by atoms with Gasteiger partial charge in [-0.2, -0.15) is 0 Å². The van der Waals surface area contributed by atoms with E-state index in [-0.39, 0.29) is 22.5 Å². The van der Waals surface area contributed by atoms with Crippen LogP contribution in [0.1, 0.15) is 25.8 Å². The van der Waals surface area contributed by atoms with E-state index in [1.165, 1.54) is 11.3 Å². The number of thiazole rings is 1. The summed E-state index contributed by atoms with van der Waals surface area (Å²) < 4.78 is 33.5. The average Bonchev–Trinajstić information content (AvgIpc) is 3.23. The number of rotatable bonds is 7. The summed E-state index contributed by atoms with van der Waals surface area (Å²) in [4.78, 5) is 18.6. The maximum atomic E-state index is 12.7. The van der Waals surface area contributed by atoms with Gasteiger partial charge in [0.2, 0.25) is 0 Å². The molecule has 0 saturated carbocycles. The number of fused-ring (bicyclic) bond motifs is 1. The molecule has 3 aromatic rings. The monoisotopic (exact) mass is 457 g/mol. The van der Waals surface area contributed by atoms with Crippen molar-refractivity contribution in [3.05, 3.63) is 53.4 Å². The van der Waals surface area contributed by atoms with Crippen LogP contribution in [0.4, 0.5) is 10.8 Å². The lowest BCUT2D eigenvalue weighted by Gasteiger charge is -2.29. The van der Waals surface area contributed by atoms with E-state index in [1.807, 2.05) is 32.0 Å². The number of nitrogens with zero attached hydrogens (tertiary/aromatic N) is 2. The van der Waals surface area contributed by atoms with Crippen LogP contribution in [0.2, 0.25) is 0 Å². The number of aromatic nitrogens is 1. The van der Waals surface area contributed by atoms with Crippen molar-refractivity contribution in [2.24, 2.45) is 0 Å². The normalized spacial score (nSPS) is 13.6. The van der Waals surface area contributed by atoms with Gasteiger partial charge in [0.15, 0.2) is 11.7 Å². The molecule has 0 atom stereocenters. The van der Waals surface area contributed by atoms with Gasteiger partial charge in [0, 0.05) is 17.5 Å². The fraction of sp³-hybridized carbons (Fsp3) is 0.273. The van der Waals surface area contributed by atoms with Crippen LogP contribution >= 0.6 is 11.3 Å². The highest BCUT2D eigenvalue weighted by Gasteiger charge is 2.25. The Morgan fingerprint density at radius 1 is 1.16 bits per heavy atom. The minimum Gasteiger partial charge on any atom is -0.482 e. The third-order valence-corrected chi connectivity index (χ3v) is 7.25. The SMILES string of the molecule is CCCN1C(=O)COc2ccc(-c3csc(NS(=O)(=O)c4ccc(CC)cc4)n3)cc21. The highest BCUT2D eigenvalue weighted by atomic mass is 32.2. The van der Waals surface area contributed by atoms with Gasteiger partial charge < -0.3 is 9.64 Å². The Kier molecular flexibility index (Phi) is 5.97. The van der Waals surface area contributed by atoms with Crippen LogP contribution in [0.15, 0.2) is 52.7 Å². The van der Waals surface area contributed by atoms with Gasteiger partial charge in [0.1, 0.15) is 5.75 Å². The van der Waals surface area contributed by atoms with Gasteiger partial charge in [-0.05, 0) is 48.7 Å². The van der Waals surface area contributed by atoms with Gasteiger partial charge in [0.05, 0.1) is 16.3 Å². The zero-order valence-electron chi connectivity index (χ0n) is 17.3. The van der Waals surface area contributed by atoms with Crippen LogP contribution in [0.3, 0.4) is 0 Å². The molecule has 0 spiro atoms. The molecular formula is C22H23N3O4S2. The van der Waals surface area contributed by atoms with Crippen molar-refractivity contribution in [1.82, 2.24) is 4.98 Å². The molecule has 1 N–H and O–H groups in total. The summed E-state index contributed by atoms with van der Waals surface area (Å²) in [7, 11) is -3.72. The number of sulfonamides is 1. The van der Waals surface area contributed by atoms with Crippen molar-refractivity contribution in [2.45, 2.75) is 31.6 Å². The first-order valence-electron chi connectivity index (χ1n) is 10.1. The molecule has 0 aliphatic carbocycles. The van der Waals surface area contributed by atoms with E-state index in [0.717, 1.165) is 24.0 Å². The largest absolute Gasteiger partial charge is 0.482 e. The standard InChI is InChI=1S/C22H23N3O4S2/c1-3-11-25-19-12-16(7-10-20(19)29-13-21(25)26)18-14-30-22(23-18)24-31(27,28)17-8-5-15(4-2)6-9-17/h5-10,12,14H,3-4,11,13H2,1-2H3,(H,23,24). The van der Waals surface area contributed by atoms with Gasteiger partial charge in [-0.3, -0.25) is 9.52 Å². The Bertz CT molecular complexity index is 1200. The van der Waals surface area contributed by atoms with E-state index < -0.39 is 10.0 Å². The maximum absolute atomic E-state index is 12.7. The second-order valence-corrected chi connectivity index (χ2v) is 9.70. The smallest absolute Gasteiger partial charge is 0.265 e. The molecule has 0 radical (unpaired) electrons. The van der Waals surface area contributed by atoms with Crippen molar-refractivity contribution in [1.29, 1.82) is 0 Å². The molecule has 0 unspecified atom stereocenters. The third-order valence-electron chi connectivity index (χ3n) is 5.01. The number of hydrogen-bond donors (Lipinski definition) is 1. The van der Waals surface area contributed by atoms with E-state index in [2.05, 4.69) is 9.71 Å². The summed E-state index contributed by atoms with van der Waals surface area (Å²) in [6.45, 7) is 4.68. The second kappa shape index (κ2) is 8.68. The number of aryl methyl sites for hydroxylation is 1. The van der Waals surface area contributed by atoms with Crippen LogP contribution in [0.5, 0.6) is 5.75 Å². The van der Waals surface area contributed by atoms with Crippen molar-refractivity contribution >= 4 is 38.1 Å². The molecule has 2 aromatic carbocycles. The van der Waals surface area contributed by atoms with Gasteiger partial charge >= 0.3 is 0 Å². The summed E-state index contributed by atoms with van der Waals surface area (Å²) in [5.74, 6) is 0.579. The molecule has 162 valence electrons. The molecule has 0 bridgehead atoms. The van der Waals surface area contributed by atoms with E-state index in [4.69, 9.17) is 4.74 Å². The summed E-state index contributed by atoms with van der Waals surface area (Å²) in [5, 5.41) is 2.07. The predicted molar refractivity (Wildman–Crippen MR) is 122 cm³/mol. The van der Waals surface area contributed by atoms with Crippen LogP contribution < -0.4 is 14.4 Å². The molecule has 7 nitrogen and oxygen atoms in total. The van der Waals surface area contributed by atoms with Crippen LogP contribution in [0.25, 0.3) is 11.3 Å². The molecule has 9 heteroatoms. The lowest BCUT2D eigenvalue weighted by Crippen LogP contribution is -2.39. The molecule has 2 heterocycles. The van der Waals surface area contributed by atoms with Crippen molar-refractivity contribution in [3.63, 3.8) is 0 Å². The average molecular weight is 458 g/mol. The van der Waals surface area contributed by atoms with E-state index in [1.54, 1.807) is 34.5 Å². The molecule has 0 fully saturated rings. The Balaban J connectivity index is 1.58. The number of amides is 1. The topological polar surface area (TPSA) is 88.6 Å². The number of carbonyl (C=O) groups is 1. The van der Waals surface area contributed by atoms with E-state index in [9.17, 15) is 13.2 Å². The lowest BCUT2D eigenvalue weighted by atomic mass is 10.1.